The maximum Gasteiger partial charge on any atom is 0.248 e. The molecule has 1 spiro atoms. The number of benzene rings is 2. The molecule has 48 heavy (non-hydrogen) atoms. The molecule has 3 amide bonds. The quantitative estimate of drug-likeness (QED) is 0.439. The molecule has 3 heterocycles. The third-order valence-electron chi connectivity index (χ3n) is 11.3. The lowest BCUT2D eigenvalue weighted by molar-refractivity contribution is -0.127. The molecular weight excluding hydrogens is 612 g/mol. The summed E-state index contributed by atoms with van der Waals surface area (Å²) in [6.07, 6.45) is 4.55. The Labute approximate surface area is 283 Å². The number of likely N-dealkylation sites (tertiary alicyclic amines) is 2. The van der Waals surface area contributed by atoms with Gasteiger partial charge >= 0.3 is 0 Å². The number of nitrogens with one attached hydrogen (secondary N) is 3. The van der Waals surface area contributed by atoms with Gasteiger partial charge in [-0.25, -0.2) is 8.78 Å². The van der Waals surface area contributed by atoms with Crippen molar-refractivity contribution in [2.24, 2.45) is 11.8 Å². The van der Waals surface area contributed by atoms with Crippen LogP contribution in [0, 0.1) is 11.8 Å². The second-order valence-corrected chi connectivity index (χ2v) is 14.7. The number of halogens is 2. The minimum atomic E-state index is -2.56. The molecule has 3 N–H and O–H groups in total. The van der Waals surface area contributed by atoms with Crippen LogP contribution in [0.15, 0.2) is 54.6 Å². The van der Waals surface area contributed by atoms with Gasteiger partial charge < -0.3 is 20.9 Å². The van der Waals surface area contributed by atoms with Crippen molar-refractivity contribution >= 4 is 17.7 Å². The van der Waals surface area contributed by atoms with Crippen LogP contribution >= 0.6 is 0 Å². The number of hydrogen-bond donors (Lipinski definition) is 3. The van der Waals surface area contributed by atoms with Gasteiger partial charge in [-0.2, -0.15) is 0 Å². The Kier molecular flexibility index (Phi) is 11.1. The minimum Gasteiger partial charge on any atom is -0.356 e. The van der Waals surface area contributed by atoms with Gasteiger partial charge in [0.25, 0.3) is 0 Å². The maximum absolute atomic E-state index is 13.9. The van der Waals surface area contributed by atoms with E-state index in [1.54, 1.807) is 0 Å². The largest absolute Gasteiger partial charge is 0.356 e. The number of fused-ring (bicyclic) bond motifs is 2. The van der Waals surface area contributed by atoms with Crippen molar-refractivity contribution in [1.82, 2.24) is 25.8 Å². The first-order valence-corrected chi connectivity index (χ1v) is 17.9. The summed E-state index contributed by atoms with van der Waals surface area (Å²) < 4.78 is 27.8. The summed E-state index contributed by atoms with van der Waals surface area (Å²) in [4.78, 5) is 45.1. The molecule has 3 aliphatic heterocycles. The molecule has 1 aliphatic carbocycles. The number of carbonyl (C=O) groups excluding carboxylic acids is 3. The van der Waals surface area contributed by atoms with Crippen LogP contribution in [-0.2, 0) is 33.9 Å². The lowest BCUT2D eigenvalue weighted by Crippen LogP contribution is -2.57. The summed E-state index contributed by atoms with van der Waals surface area (Å²) in [5.41, 5.74) is 2.38. The number of carbonyl (C=O) groups is 3. The number of hydrogen-bond acceptors (Lipinski definition) is 5. The highest BCUT2D eigenvalue weighted by molar-refractivity contribution is 5.82. The van der Waals surface area contributed by atoms with E-state index in [-0.39, 0.29) is 61.3 Å². The van der Waals surface area contributed by atoms with E-state index in [0.29, 0.717) is 45.2 Å². The normalized spacial score (nSPS) is 26.8. The van der Waals surface area contributed by atoms with Crippen LogP contribution in [0.1, 0.15) is 80.9 Å². The number of alkyl halides is 2. The topological polar surface area (TPSA) is 93.8 Å². The molecule has 2 saturated heterocycles. The Morgan fingerprint density at radius 2 is 1.44 bits per heavy atom. The molecule has 2 aromatic rings. The number of rotatable bonds is 3. The average molecular weight is 664 g/mol. The number of amides is 3. The van der Waals surface area contributed by atoms with E-state index in [1.807, 2.05) is 42.5 Å². The molecule has 0 radical (unpaired) electrons. The highest BCUT2D eigenvalue weighted by Crippen LogP contribution is 2.38. The van der Waals surface area contributed by atoms with Crippen molar-refractivity contribution in [3.63, 3.8) is 0 Å². The molecular formula is C38H51F2N5O3. The smallest absolute Gasteiger partial charge is 0.248 e. The maximum atomic E-state index is 13.9. The van der Waals surface area contributed by atoms with Crippen LogP contribution in [0.4, 0.5) is 8.78 Å². The molecule has 8 nitrogen and oxygen atoms in total. The van der Waals surface area contributed by atoms with Crippen molar-refractivity contribution < 1.29 is 23.2 Å². The number of piperidine rings is 2. The van der Waals surface area contributed by atoms with Crippen molar-refractivity contribution in [3.05, 3.63) is 71.3 Å². The molecule has 6 rings (SSSR count). The van der Waals surface area contributed by atoms with Gasteiger partial charge in [0.15, 0.2) is 0 Å². The van der Waals surface area contributed by atoms with Gasteiger partial charge in [0.2, 0.25) is 23.6 Å². The number of nitrogens with zero attached hydrogens (tertiary/aromatic N) is 2. The second-order valence-electron chi connectivity index (χ2n) is 14.7. The summed E-state index contributed by atoms with van der Waals surface area (Å²) in [5.74, 6) is -2.46. The van der Waals surface area contributed by atoms with Gasteiger partial charge in [-0.1, -0.05) is 54.6 Å². The van der Waals surface area contributed by atoms with E-state index in [0.717, 1.165) is 56.7 Å². The first-order valence-electron chi connectivity index (χ1n) is 17.9. The Morgan fingerprint density at radius 3 is 2.19 bits per heavy atom. The third-order valence-corrected chi connectivity index (χ3v) is 11.3. The van der Waals surface area contributed by atoms with Gasteiger partial charge in [-0.15, -0.1) is 0 Å². The molecule has 3 fully saturated rings. The Bertz CT molecular complexity index is 1400. The van der Waals surface area contributed by atoms with Crippen molar-refractivity contribution in [3.8, 4) is 0 Å². The van der Waals surface area contributed by atoms with Crippen LogP contribution in [0.2, 0.25) is 0 Å². The van der Waals surface area contributed by atoms with Gasteiger partial charge in [-0.05, 0) is 73.6 Å². The third kappa shape index (κ3) is 9.20. The fourth-order valence-corrected chi connectivity index (χ4v) is 8.44. The van der Waals surface area contributed by atoms with Gasteiger partial charge in [-0.3, -0.25) is 19.3 Å². The predicted octanol–water partition coefficient (Wildman–Crippen LogP) is 4.81. The van der Waals surface area contributed by atoms with E-state index in [4.69, 9.17) is 0 Å². The zero-order valence-corrected chi connectivity index (χ0v) is 28.0. The summed E-state index contributed by atoms with van der Waals surface area (Å²) in [6, 6.07) is 18.2. The van der Waals surface area contributed by atoms with Gasteiger partial charge in [0, 0.05) is 71.0 Å². The van der Waals surface area contributed by atoms with Crippen LogP contribution in [0.5, 0.6) is 0 Å². The Morgan fingerprint density at radius 1 is 0.729 bits per heavy atom. The summed E-state index contributed by atoms with van der Waals surface area (Å²) in [6.45, 7) is 4.77. The molecule has 260 valence electrons. The summed E-state index contributed by atoms with van der Waals surface area (Å²) in [5, 5.41) is 9.58. The SMILES string of the molecule is O=C1C[C@@H]2CCN(C3CCC(F)(F)CC3)C[C@@H]2CCNC(=O)CC2(CCN(Cc3ccccc3)CC2)NC(=O)Cc2ccccc2CN1. The van der Waals surface area contributed by atoms with E-state index < -0.39 is 11.5 Å². The standard InChI is InChI=1S/C38H51F2N5O3/c39-38(40)14-10-33(11-15-38)45-19-13-30-22-34(46)42-25-31-9-5-4-8-29(31)23-35(47)43-37(24-36(48)41-18-12-32(30)27-45)16-20-44(21-17-37)26-28-6-2-1-3-7-28/h1-9,30,32-33H,10-27H2,(H,41,48)(H,42,46)(H,43,47)/t30-,32-/m0/s1. The predicted molar refractivity (Wildman–Crippen MR) is 181 cm³/mol. The fourth-order valence-electron chi connectivity index (χ4n) is 8.44. The molecule has 0 unspecified atom stereocenters. The molecule has 2 atom stereocenters. The first-order chi connectivity index (χ1) is 23.2. The molecule has 0 bridgehead atoms. The van der Waals surface area contributed by atoms with Crippen molar-refractivity contribution in [1.29, 1.82) is 0 Å². The van der Waals surface area contributed by atoms with E-state index in [9.17, 15) is 23.2 Å². The lowest BCUT2D eigenvalue weighted by atomic mass is 9.79. The van der Waals surface area contributed by atoms with Crippen LogP contribution in [-0.4, -0.2) is 77.7 Å². The zero-order chi connectivity index (χ0) is 33.6. The Balaban J connectivity index is 1.16. The average Bonchev–Trinajstić information content (AvgIpc) is 3.06. The minimum absolute atomic E-state index is 0.0235. The van der Waals surface area contributed by atoms with E-state index in [1.165, 1.54) is 5.56 Å². The molecule has 0 aromatic heterocycles. The first kappa shape index (κ1) is 34.5. The summed E-state index contributed by atoms with van der Waals surface area (Å²) in [7, 11) is 0. The van der Waals surface area contributed by atoms with E-state index >= 15 is 0 Å². The lowest BCUT2D eigenvalue weighted by Gasteiger charge is -2.44. The molecule has 10 heteroatoms. The van der Waals surface area contributed by atoms with Crippen LogP contribution in [0.25, 0.3) is 0 Å². The van der Waals surface area contributed by atoms with Crippen LogP contribution in [0.3, 0.4) is 0 Å². The van der Waals surface area contributed by atoms with Gasteiger partial charge in [0.1, 0.15) is 0 Å². The van der Waals surface area contributed by atoms with Crippen LogP contribution < -0.4 is 16.0 Å². The van der Waals surface area contributed by atoms with E-state index in [2.05, 4.69) is 37.9 Å². The Hall–Kier alpha value is -3.37. The monoisotopic (exact) mass is 663 g/mol. The zero-order valence-electron chi connectivity index (χ0n) is 28.0. The molecule has 4 aliphatic rings. The fraction of sp³-hybridized carbons (Fsp3) is 0.605. The molecule has 2 aromatic carbocycles. The highest BCUT2D eigenvalue weighted by atomic mass is 19.3. The highest BCUT2D eigenvalue weighted by Gasteiger charge is 2.41. The molecule has 1 saturated carbocycles. The summed E-state index contributed by atoms with van der Waals surface area (Å²) >= 11 is 0. The van der Waals surface area contributed by atoms with Crippen molar-refractivity contribution in [2.45, 2.75) is 101 Å². The van der Waals surface area contributed by atoms with Crippen molar-refractivity contribution in [2.75, 3.05) is 32.7 Å². The second kappa shape index (κ2) is 15.5. The van der Waals surface area contributed by atoms with Gasteiger partial charge in [0.05, 0.1) is 12.0 Å².